The third-order valence-corrected chi connectivity index (χ3v) is 4.31. The fourth-order valence-electron chi connectivity index (χ4n) is 2.96. The Kier molecular flexibility index (Phi) is 7.75. The highest BCUT2D eigenvalue weighted by atomic mass is 16.5. The van der Waals surface area contributed by atoms with Crippen LogP contribution in [0.2, 0.25) is 0 Å². The molecule has 1 fully saturated rings. The van der Waals surface area contributed by atoms with Gasteiger partial charge < -0.3 is 19.9 Å². The molecule has 0 bridgehead atoms. The van der Waals surface area contributed by atoms with E-state index in [-0.39, 0.29) is 18.0 Å². The molecule has 1 aromatic carbocycles. The SMILES string of the molecule is CCCNC(=O)N1CCCN(C(=O)Cc2ccc(OC(C)C)cc2)CC1. The quantitative estimate of drug-likeness (QED) is 0.847. The average molecular weight is 361 g/mol. The number of carbonyl (C=O) groups is 2. The molecule has 0 saturated carbocycles. The number of carbonyl (C=O) groups excluding carboxylic acids is 2. The monoisotopic (exact) mass is 361 g/mol. The molecule has 3 amide bonds. The minimum absolute atomic E-state index is 0.0260. The van der Waals surface area contributed by atoms with E-state index in [1.807, 2.05) is 49.9 Å². The molecule has 1 saturated heterocycles. The lowest BCUT2D eigenvalue weighted by atomic mass is 10.1. The number of urea groups is 1. The highest BCUT2D eigenvalue weighted by Crippen LogP contribution is 2.15. The van der Waals surface area contributed by atoms with Crippen LogP contribution in [0, 0.1) is 0 Å². The first kappa shape index (κ1) is 20.1. The van der Waals surface area contributed by atoms with Gasteiger partial charge in [0.25, 0.3) is 0 Å². The third kappa shape index (κ3) is 6.24. The lowest BCUT2D eigenvalue weighted by Crippen LogP contribution is -2.43. The Morgan fingerprint density at radius 3 is 2.38 bits per heavy atom. The zero-order valence-corrected chi connectivity index (χ0v) is 16.2. The normalized spacial score (nSPS) is 14.9. The van der Waals surface area contributed by atoms with E-state index in [9.17, 15) is 9.59 Å². The van der Waals surface area contributed by atoms with Crippen molar-refractivity contribution < 1.29 is 14.3 Å². The molecule has 2 rings (SSSR count). The Labute approximate surface area is 156 Å². The van der Waals surface area contributed by atoms with Gasteiger partial charge in [-0.3, -0.25) is 4.79 Å². The second-order valence-corrected chi connectivity index (χ2v) is 6.94. The zero-order chi connectivity index (χ0) is 18.9. The average Bonchev–Trinajstić information content (AvgIpc) is 2.87. The maximum Gasteiger partial charge on any atom is 0.317 e. The molecule has 0 radical (unpaired) electrons. The fraction of sp³-hybridized carbons (Fsp3) is 0.600. The van der Waals surface area contributed by atoms with Crippen LogP contribution in [0.4, 0.5) is 4.79 Å². The number of nitrogens with one attached hydrogen (secondary N) is 1. The molecule has 0 unspecified atom stereocenters. The van der Waals surface area contributed by atoms with Crippen LogP contribution in [0.15, 0.2) is 24.3 Å². The van der Waals surface area contributed by atoms with Gasteiger partial charge in [-0.25, -0.2) is 4.79 Å². The van der Waals surface area contributed by atoms with Crippen LogP contribution in [0.3, 0.4) is 0 Å². The number of nitrogens with zero attached hydrogens (tertiary/aromatic N) is 2. The van der Waals surface area contributed by atoms with Gasteiger partial charge in [0.1, 0.15) is 5.75 Å². The first-order valence-corrected chi connectivity index (χ1v) is 9.55. The molecule has 0 atom stereocenters. The molecular formula is C20H31N3O3. The smallest absolute Gasteiger partial charge is 0.317 e. The number of benzene rings is 1. The maximum atomic E-state index is 12.6. The fourth-order valence-corrected chi connectivity index (χ4v) is 2.96. The summed E-state index contributed by atoms with van der Waals surface area (Å²) in [5, 5.41) is 2.90. The van der Waals surface area contributed by atoms with Crippen molar-refractivity contribution in [3.05, 3.63) is 29.8 Å². The molecule has 144 valence electrons. The van der Waals surface area contributed by atoms with E-state index in [0.717, 1.165) is 24.2 Å². The van der Waals surface area contributed by atoms with E-state index in [4.69, 9.17) is 4.74 Å². The van der Waals surface area contributed by atoms with Gasteiger partial charge in [-0.1, -0.05) is 19.1 Å². The van der Waals surface area contributed by atoms with Gasteiger partial charge in [0.2, 0.25) is 5.91 Å². The molecule has 1 N–H and O–H groups in total. The molecule has 0 aliphatic carbocycles. The van der Waals surface area contributed by atoms with Crippen LogP contribution in [0.25, 0.3) is 0 Å². The molecular weight excluding hydrogens is 330 g/mol. The van der Waals surface area contributed by atoms with Crippen LogP contribution in [-0.2, 0) is 11.2 Å². The second-order valence-electron chi connectivity index (χ2n) is 6.94. The van der Waals surface area contributed by atoms with Crippen molar-refractivity contribution in [1.29, 1.82) is 0 Å². The summed E-state index contributed by atoms with van der Waals surface area (Å²) >= 11 is 0. The van der Waals surface area contributed by atoms with Crippen LogP contribution in [0.5, 0.6) is 5.75 Å². The van der Waals surface area contributed by atoms with E-state index in [0.29, 0.717) is 39.1 Å². The van der Waals surface area contributed by atoms with Crippen molar-refractivity contribution in [2.45, 2.75) is 46.1 Å². The van der Waals surface area contributed by atoms with Crippen LogP contribution in [-0.4, -0.2) is 60.6 Å². The van der Waals surface area contributed by atoms with Crippen LogP contribution >= 0.6 is 0 Å². The first-order valence-electron chi connectivity index (χ1n) is 9.55. The number of ether oxygens (including phenoxy) is 1. The summed E-state index contributed by atoms with van der Waals surface area (Å²) in [6, 6.07) is 7.67. The summed E-state index contributed by atoms with van der Waals surface area (Å²) in [4.78, 5) is 28.4. The molecule has 0 spiro atoms. The topological polar surface area (TPSA) is 61.9 Å². The predicted octanol–water partition coefficient (Wildman–Crippen LogP) is 2.67. The van der Waals surface area contributed by atoms with Crippen molar-refractivity contribution in [3.8, 4) is 5.75 Å². The number of rotatable bonds is 6. The lowest BCUT2D eigenvalue weighted by Gasteiger charge is -2.22. The molecule has 6 nitrogen and oxygen atoms in total. The summed E-state index contributed by atoms with van der Waals surface area (Å²) in [7, 11) is 0. The van der Waals surface area contributed by atoms with Crippen molar-refractivity contribution in [1.82, 2.24) is 15.1 Å². The number of hydrogen-bond donors (Lipinski definition) is 1. The molecule has 1 heterocycles. The Balaban J connectivity index is 1.85. The standard InChI is InChI=1S/C20H31N3O3/c1-4-10-21-20(25)23-12-5-11-22(13-14-23)19(24)15-17-6-8-18(9-7-17)26-16(2)3/h6-9,16H,4-5,10-15H2,1-3H3,(H,21,25). The Bertz CT molecular complexity index is 586. The molecule has 1 aromatic rings. The summed E-state index contributed by atoms with van der Waals surface area (Å²) in [6.07, 6.45) is 2.25. The summed E-state index contributed by atoms with van der Waals surface area (Å²) < 4.78 is 5.63. The molecule has 0 aromatic heterocycles. The van der Waals surface area contributed by atoms with Crippen molar-refractivity contribution in [2.24, 2.45) is 0 Å². The van der Waals surface area contributed by atoms with Crippen molar-refractivity contribution in [2.75, 3.05) is 32.7 Å². The van der Waals surface area contributed by atoms with Gasteiger partial charge >= 0.3 is 6.03 Å². The Morgan fingerprint density at radius 1 is 1.08 bits per heavy atom. The minimum Gasteiger partial charge on any atom is -0.491 e. The van der Waals surface area contributed by atoms with E-state index >= 15 is 0 Å². The van der Waals surface area contributed by atoms with Gasteiger partial charge in [0, 0.05) is 32.7 Å². The van der Waals surface area contributed by atoms with E-state index < -0.39 is 0 Å². The number of hydrogen-bond acceptors (Lipinski definition) is 3. The van der Waals surface area contributed by atoms with Gasteiger partial charge in [0.15, 0.2) is 0 Å². The summed E-state index contributed by atoms with van der Waals surface area (Å²) in [6.45, 7) is 9.27. The van der Waals surface area contributed by atoms with Crippen LogP contribution < -0.4 is 10.1 Å². The highest BCUT2D eigenvalue weighted by Gasteiger charge is 2.21. The van der Waals surface area contributed by atoms with Crippen molar-refractivity contribution in [3.63, 3.8) is 0 Å². The number of amides is 3. The Hall–Kier alpha value is -2.24. The van der Waals surface area contributed by atoms with Gasteiger partial charge in [-0.2, -0.15) is 0 Å². The zero-order valence-electron chi connectivity index (χ0n) is 16.2. The summed E-state index contributed by atoms with van der Waals surface area (Å²) in [5.41, 5.74) is 0.980. The third-order valence-electron chi connectivity index (χ3n) is 4.31. The molecule has 1 aliphatic heterocycles. The molecule has 26 heavy (non-hydrogen) atoms. The van der Waals surface area contributed by atoms with Gasteiger partial charge in [-0.15, -0.1) is 0 Å². The second kappa shape index (κ2) is 10.0. The maximum absolute atomic E-state index is 12.6. The first-order chi connectivity index (χ1) is 12.5. The van der Waals surface area contributed by atoms with Gasteiger partial charge in [-0.05, 0) is 44.4 Å². The van der Waals surface area contributed by atoms with Crippen molar-refractivity contribution >= 4 is 11.9 Å². The van der Waals surface area contributed by atoms with Gasteiger partial charge in [0.05, 0.1) is 12.5 Å². The largest absolute Gasteiger partial charge is 0.491 e. The van der Waals surface area contributed by atoms with Crippen LogP contribution in [0.1, 0.15) is 39.2 Å². The lowest BCUT2D eigenvalue weighted by molar-refractivity contribution is -0.130. The minimum atomic E-state index is -0.0260. The Morgan fingerprint density at radius 2 is 1.73 bits per heavy atom. The van der Waals surface area contributed by atoms with E-state index in [1.165, 1.54) is 0 Å². The molecule has 6 heteroatoms. The predicted molar refractivity (Wildman–Crippen MR) is 102 cm³/mol. The highest BCUT2D eigenvalue weighted by molar-refractivity contribution is 5.79. The van der Waals surface area contributed by atoms with E-state index in [1.54, 1.807) is 4.90 Å². The molecule has 1 aliphatic rings. The van der Waals surface area contributed by atoms with E-state index in [2.05, 4.69) is 5.32 Å². The summed E-state index contributed by atoms with van der Waals surface area (Å²) in [5.74, 6) is 0.929.